The first-order valence-corrected chi connectivity index (χ1v) is 5.94. The molecule has 0 saturated heterocycles. The molecule has 1 aromatic rings. The summed E-state index contributed by atoms with van der Waals surface area (Å²) >= 11 is 0. The fourth-order valence-corrected chi connectivity index (χ4v) is 1.75. The fraction of sp³-hybridized carbons (Fsp3) is 0.571. The van der Waals surface area contributed by atoms with E-state index < -0.39 is 0 Å². The summed E-state index contributed by atoms with van der Waals surface area (Å²) in [5, 5.41) is 0. The average Bonchev–Trinajstić information content (AvgIpc) is 2.26. The van der Waals surface area contributed by atoms with Crippen LogP contribution in [0.5, 0.6) is 5.75 Å². The molecule has 17 heavy (non-hydrogen) atoms. The van der Waals surface area contributed by atoms with Crippen LogP contribution in [-0.4, -0.2) is 7.11 Å². The van der Waals surface area contributed by atoms with Gasteiger partial charge < -0.3 is 10.5 Å². The second-order valence-electron chi connectivity index (χ2n) is 4.81. The molecule has 0 unspecified atom stereocenters. The highest BCUT2D eigenvalue weighted by Crippen LogP contribution is 2.25. The molecule has 2 N–H and O–H groups in total. The van der Waals surface area contributed by atoms with Gasteiger partial charge in [0, 0.05) is 6.04 Å². The Labute approximate surface area is 111 Å². The van der Waals surface area contributed by atoms with E-state index in [1.165, 1.54) is 5.56 Å². The zero-order valence-corrected chi connectivity index (χ0v) is 12.0. The maximum atomic E-state index is 6.16. The molecule has 1 rings (SSSR count). The van der Waals surface area contributed by atoms with Crippen LogP contribution in [0.1, 0.15) is 43.9 Å². The third-order valence-corrected chi connectivity index (χ3v) is 2.92. The van der Waals surface area contributed by atoms with Crippen LogP contribution >= 0.6 is 12.4 Å². The Morgan fingerprint density at radius 2 is 1.88 bits per heavy atom. The van der Waals surface area contributed by atoms with Crippen LogP contribution in [0.25, 0.3) is 0 Å². The molecule has 3 heteroatoms. The molecule has 1 atom stereocenters. The van der Waals surface area contributed by atoms with Gasteiger partial charge in [-0.05, 0) is 42.9 Å². The molecule has 0 radical (unpaired) electrons. The van der Waals surface area contributed by atoms with E-state index in [0.717, 1.165) is 24.2 Å². The number of hydrogen-bond acceptors (Lipinski definition) is 2. The number of rotatable bonds is 5. The molecule has 0 bridgehead atoms. The van der Waals surface area contributed by atoms with Crippen molar-refractivity contribution < 1.29 is 4.74 Å². The van der Waals surface area contributed by atoms with Crippen molar-refractivity contribution in [3.8, 4) is 5.75 Å². The van der Waals surface area contributed by atoms with Crippen LogP contribution in [0.4, 0.5) is 0 Å². The predicted octanol–water partition coefficient (Wildman–Crippen LogP) is 3.86. The standard InChI is InChI=1S/C14H23NO.ClH/c1-10(2)5-8-13(15)12-7-6-11(3)14(9-12)16-4;/h6-7,9-10,13H,5,8,15H2,1-4H3;1H/t13-;/m1./s1. The molecule has 0 saturated carbocycles. The van der Waals surface area contributed by atoms with Crippen LogP contribution in [0.3, 0.4) is 0 Å². The van der Waals surface area contributed by atoms with E-state index in [1.807, 2.05) is 6.92 Å². The lowest BCUT2D eigenvalue weighted by atomic mass is 9.97. The van der Waals surface area contributed by atoms with Crippen LogP contribution in [0.15, 0.2) is 18.2 Å². The van der Waals surface area contributed by atoms with Crippen molar-refractivity contribution >= 4 is 12.4 Å². The highest BCUT2D eigenvalue weighted by molar-refractivity contribution is 5.85. The van der Waals surface area contributed by atoms with Crippen LogP contribution < -0.4 is 10.5 Å². The summed E-state index contributed by atoms with van der Waals surface area (Å²) in [6, 6.07) is 6.35. The van der Waals surface area contributed by atoms with Crippen molar-refractivity contribution in [2.75, 3.05) is 7.11 Å². The monoisotopic (exact) mass is 257 g/mol. The number of ether oxygens (including phenoxy) is 1. The molecular weight excluding hydrogens is 234 g/mol. The summed E-state index contributed by atoms with van der Waals surface area (Å²) in [5.41, 5.74) is 8.49. The van der Waals surface area contributed by atoms with Crippen LogP contribution in [0, 0.1) is 12.8 Å². The molecule has 0 amide bonds. The highest BCUT2D eigenvalue weighted by atomic mass is 35.5. The SMILES string of the molecule is COc1cc([C@H](N)CCC(C)C)ccc1C.Cl. The van der Waals surface area contributed by atoms with E-state index in [4.69, 9.17) is 10.5 Å². The van der Waals surface area contributed by atoms with E-state index in [9.17, 15) is 0 Å². The maximum Gasteiger partial charge on any atom is 0.122 e. The zero-order chi connectivity index (χ0) is 12.1. The minimum Gasteiger partial charge on any atom is -0.496 e. The fourth-order valence-electron chi connectivity index (χ4n) is 1.75. The Kier molecular flexibility index (Phi) is 7.24. The first-order chi connectivity index (χ1) is 7.54. The molecule has 98 valence electrons. The first-order valence-electron chi connectivity index (χ1n) is 5.94. The summed E-state index contributed by atoms with van der Waals surface area (Å²) in [4.78, 5) is 0. The lowest BCUT2D eigenvalue weighted by Gasteiger charge is -2.15. The van der Waals surface area contributed by atoms with Gasteiger partial charge in [0.1, 0.15) is 5.75 Å². The van der Waals surface area contributed by atoms with Gasteiger partial charge in [-0.2, -0.15) is 0 Å². The van der Waals surface area contributed by atoms with E-state index in [1.54, 1.807) is 7.11 Å². The molecule has 0 fully saturated rings. The lowest BCUT2D eigenvalue weighted by molar-refractivity contribution is 0.410. The highest BCUT2D eigenvalue weighted by Gasteiger charge is 2.09. The number of methoxy groups -OCH3 is 1. The third-order valence-electron chi connectivity index (χ3n) is 2.92. The van der Waals surface area contributed by atoms with E-state index in [-0.39, 0.29) is 18.4 Å². The molecule has 0 heterocycles. The largest absolute Gasteiger partial charge is 0.496 e. The lowest BCUT2D eigenvalue weighted by Crippen LogP contribution is -2.11. The Morgan fingerprint density at radius 1 is 1.24 bits per heavy atom. The number of hydrogen-bond donors (Lipinski definition) is 1. The Bertz CT molecular complexity index is 339. The molecule has 0 aromatic heterocycles. The van der Waals surface area contributed by atoms with Crippen molar-refractivity contribution in [2.45, 2.75) is 39.7 Å². The van der Waals surface area contributed by atoms with Crippen molar-refractivity contribution in [3.63, 3.8) is 0 Å². The quantitative estimate of drug-likeness (QED) is 0.869. The van der Waals surface area contributed by atoms with Gasteiger partial charge in [0.25, 0.3) is 0 Å². The zero-order valence-electron chi connectivity index (χ0n) is 11.2. The van der Waals surface area contributed by atoms with E-state index in [2.05, 4.69) is 32.0 Å². The van der Waals surface area contributed by atoms with Gasteiger partial charge in [-0.3, -0.25) is 0 Å². The molecule has 0 spiro atoms. The summed E-state index contributed by atoms with van der Waals surface area (Å²) < 4.78 is 5.31. The second-order valence-corrected chi connectivity index (χ2v) is 4.81. The number of halogens is 1. The number of benzene rings is 1. The van der Waals surface area contributed by atoms with Crippen molar-refractivity contribution in [2.24, 2.45) is 11.7 Å². The van der Waals surface area contributed by atoms with Gasteiger partial charge >= 0.3 is 0 Å². The van der Waals surface area contributed by atoms with Crippen molar-refractivity contribution in [1.29, 1.82) is 0 Å². The molecule has 0 aliphatic heterocycles. The first kappa shape index (κ1) is 16.3. The number of aryl methyl sites for hydroxylation is 1. The minimum absolute atomic E-state index is 0. The Balaban J connectivity index is 0.00000256. The third kappa shape index (κ3) is 4.97. The second kappa shape index (κ2) is 7.57. The van der Waals surface area contributed by atoms with Crippen molar-refractivity contribution in [1.82, 2.24) is 0 Å². The van der Waals surface area contributed by atoms with E-state index >= 15 is 0 Å². The topological polar surface area (TPSA) is 35.2 Å². The predicted molar refractivity (Wildman–Crippen MR) is 76.0 cm³/mol. The molecule has 0 aliphatic carbocycles. The van der Waals surface area contributed by atoms with Gasteiger partial charge in [-0.25, -0.2) is 0 Å². The normalized spacial score (nSPS) is 12.1. The Morgan fingerprint density at radius 3 is 2.41 bits per heavy atom. The summed E-state index contributed by atoms with van der Waals surface area (Å²) in [6.45, 7) is 6.49. The van der Waals surface area contributed by atoms with Gasteiger partial charge in [-0.15, -0.1) is 12.4 Å². The van der Waals surface area contributed by atoms with Crippen LogP contribution in [-0.2, 0) is 0 Å². The van der Waals surface area contributed by atoms with Gasteiger partial charge in [0.05, 0.1) is 7.11 Å². The minimum atomic E-state index is 0. The summed E-state index contributed by atoms with van der Waals surface area (Å²) in [5.74, 6) is 1.64. The molecule has 1 aromatic carbocycles. The van der Waals surface area contributed by atoms with Gasteiger partial charge in [0.15, 0.2) is 0 Å². The van der Waals surface area contributed by atoms with Crippen molar-refractivity contribution in [3.05, 3.63) is 29.3 Å². The molecule has 2 nitrogen and oxygen atoms in total. The summed E-state index contributed by atoms with van der Waals surface area (Å²) in [6.07, 6.45) is 2.20. The number of nitrogens with two attached hydrogens (primary N) is 1. The van der Waals surface area contributed by atoms with Gasteiger partial charge in [0.2, 0.25) is 0 Å². The molecule has 0 aliphatic rings. The van der Waals surface area contributed by atoms with Gasteiger partial charge in [-0.1, -0.05) is 26.0 Å². The maximum absolute atomic E-state index is 6.16. The van der Waals surface area contributed by atoms with E-state index in [0.29, 0.717) is 5.92 Å². The van der Waals surface area contributed by atoms with Crippen LogP contribution in [0.2, 0.25) is 0 Å². The molecular formula is C14H24ClNO. The smallest absolute Gasteiger partial charge is 0.122 e. The summed E-state index contributed by atoms with van der Waals surface area (Å²) in [7, 11) is 1.70. The average molecular weight is 258 g/mol. The Hall–Kier alpha value is -0.730.